The van der Waals surface area contributed by atoms with Crippen molar-refractivity contribution in [1.29, 1.82) is 0 Å². The van der Waals surface area contributed by atoms with E-state index in [1.165, 1.54) is 6.07 Å². The fourth-order valence-electron chi connectivity index (χ4n) is 1.94. The molecule has 2 aromatic rings. The smallest absolute Gasteiger partial charge is 0.269 e. The number of nitrogens with zero attached hydrogens (tertiary/aromatic N) is 2. The lowest BCUT2D eigenvalue weighted by molar-refractivity contribution is -0.384. The van der Waals surface area contributed by atoms with E-state index in [9.17, 15) is 10.1 Å². The minimum absolute atomic E-state index is 0.0651. The van der Waals surface area contributed by atoms with Crippen molar-refractivity contribution in [1.82, 2.24) is 4.98 Å². The molecule has 1 atom stereocenters. The highest BCUT2D eigenvalue weighted by Gasteiger charge is 2.11. The lowest BCUT2D eigenvalue weighted by Gasteiger charge is -2.15. The summed E-state index contributed by atoms with van der Waals surface area (Å²) in [5, 5.41) is 14.0. The van der Waals surface area contributed by atoms with Gasteiger partial charge in [-0.25, -0.2) is 4.98 Å². The first-order chi connectivity index (χ1) is 10.1. The molecular formula is C15H17N3O3. The Balaban J connectivity index is 2.08. The van der Waals surface area contributed by atoms with E-state index in [1.54, 1.807) is 24.4 Å². The normalized spacial score (nSPS) is 11.7. The Morgan fingerprint density at radius 3 is 2.81 bits per heavy atom. The predicted molar refractivity (Wildman–Crippen MR) is 80.5 cm³/mol. The molecule has 1 N–H and O–H groups in total. The topological polar surface area (TPSA) is 77.3 Å². The molecule has 0 saturated carbocycles. The molecule has 6 nitrogen and oxygen atoms in total. The Hall–Kier alpha value is -2.63. The van der Waals surface area contributed by atoms with Gasteiger partial charge in [0, 0.05) is 24.2 Å². The van der Waals surface area contributed by atoms with Crippen LogP contribution in [0.2, 0.25) is 0 Å². The Labute approximate surface area is 122 Å². The van der Waals surface area contributed by atoms with Gasteiger partial charge in [-0.15, -0.1) is 0 Å². The summed E-state index contributed by atoms with van der Waals surface area (Å²) in [7, 11) is 0. The zero-order valence-corrected chi connectivity index (χ0v) is 11.9. The van der Waals surface area contributed by atoms with Gasteiger partial charge in [0.2, 0.25) is 5.88 Å². The Bertz CT molecular complexity index is 614. The highest BCUT2D eigenvalue weighted by atomic mass is 16.6. The van der Waals surface area contributed by atoms with Crippen LogP contribution in [0, 0.1) is 10.1 Å². The second kappa shape index (κ2) is 6.69. The third kappa shape index (κ3) is 3.92. The van der Waals surface area contributed by atoms with Crippen LogP contribution >= 0.6 is 0 Å². The van der Waals surface area contributed by atoms with E-state index in [4.69, 9.17) is 4.74 Å². The number of nitro benzene ring substituents is 1. The second-order valence-electron chi connectivity index (χ2n) is 4.54. The minimum Gasteiger partial charge on any atom is -0.478 e. The zero-order valence-electron chi connectivity index (χ0n) is 11.9. The second-order valence-corrected chi connectivity index (χ2v) is 4.54. The van der Waals surface area contributed by atoms with Crippen LogP contribution in [0.1, 0.15) is 25.5 Å². The monoisotopic (exact) mass is 287 g/mol. The number of non-ortho nitro benzene ring substituents is 1. The molecule has 0 radical (unpaired) electrons. The number of benzene rings is 1. The number of aromatic nitrogens is 1. The van der Waals surface area contributed by atoms with Crippen LogP contribution in [0.5, 0.6) is 5.88 Å². The quantitative estimate of drug-likeness (QED) is 0.649. The van der Waals surface area contributed by atoms with Gasteiger partial charge in [0.15, 0.2) is 0 Å². The molecule has 1 aromatic heterocycles. The van der Waals surface area contributed by atoms with E-state index in [1.807, 2.05) is 26.0 Å². The van der Waals surface area contributed by atoms with Gasteiger partial charge in [-0.1, -0.05) is 12.1 Å². The molecule has 1 unspecified atom stereocenters. The number of rotatable bonds is 6. The summed E-state index contributed by atoms with van der Waals surface area (Å²) >= 11 is 0. The van der Waals surface area contributed by atoms with Crippen LogP contribution in [0.25, 0.3) is 0 Å². The maximum atomic E-state index is 10.8. The van der Waals surface area contributed by atoms with E-state index in [2.05, 4.69) is 10.3 Å². The van der Waals surface area contributed by atoms with Gasteiger partial charge in [-0.2, -0.15) is 0 Å². The Morgan fingerprint density at radius 2 is 2.19 bits per heavy atom. The van der Waals surface area contributed by atoms with Crippen molar-refractivity contribution in [2.45, 2.75) is 19.9 Å². The lowest BCUT2D eigenvalue weighted by atomic mass is 10.1. The van der Waals surface area contributed by atoms with Crippen molar-refractivity contribution >= 4 is 11.4 Å². The molecule has 110 valence electrons. The largest absolute Gasteiger partial charge is 0.478 e. The number of ether oxygens (including phenoxy) is 1. The number of pyridine rings is 1. The molecule has 0 aliphatic rings. The first kappa shape index (κ1) is 14.8. The minimum atomic E-state index is -0.394. The summed E-state index contributed by atoms with van der Waals surface area (Å²) in [5.74, 6) is 0.575. The number of hydrogen-bond acceptors (Lipinski definition) is 5. The lowest BCUT2D eigenvalue weighted by Crippen LogP contribution is -2.07. The molecule has 0 fully saturated rings. The molecule has 0 amide bonds. The Kier molecular flexibility index (Phi) is 4.71. The van der Waals surface area contributed by atoms with Crippen molar-refractivity contribution in [2.24, 2.45) is 0 Å². The van der Waals surface area contributed by atoms with Crippen molar-refractivity contribution in [3.8, 4) is 5.88 Å². The van der Waals surface area contributed by atoms with Crippen LogP contribution in [-0.4, -0.2) is 16.5 Å². The number of hydrogen-bond donors (Lipinski definition) is 1. The maximum absolute atomic E-state index is 10.8. The van der Waals surface area contributed by atoms with Gasteiger partial charge in [0.05, 0.1) is 23.4 Å². The molecular weight excluding hydrogens is 270 g/mol. The maximum Gasteiger partial charge on any atom is 0.269 e. The molecule has 0 saturated heterocycles. The summed E-state index contributed by atoms with van der Waals surface area (Å²) in [5.41, 5.74) is 1.77. The van der Waals surface area contributed by atoms with Gasteiger partial charge < -0.3 is 10.1 Å². The summed E-state index contributed by atoms with van der Waals surface area (Å²) in [6.45, 7) is 4.41. The van der Waals surface area contributed by atoms with E-state index in [0.29, 0.717) is 12.5 Å². The number of nitrogens with one attached hydrogen (secondary N) is 1. The molecule has 1 heterocycles. The SMILES string of the molecule is CCOc1ccc(NC(C)c2cccc([N+](=O)[O-])c2)cn1. The molecule has 1 aromatic carbocycles. The van der Waals surface area contributed by atoms with Crippen LogP contribution in [-0.2, 0) is 0 Å². The van der Waals surface area contributed by atoms with E-state index < -0.39 is 4.92 Å². The molecule has 21 heavy (non-hydrogen) atoms. The molecule has 0 bridgehead atoms. The molecule has 6 heteroatoms. The van der Waals surface area contributed by atoms with E-state index in [-0.39, 0.29) is 11.7 Å². The van der Waals surface area contributed by atoms with Gasteiger partial charge in [0.25, 0.3) is 5.69 Å². The zero-order chi connectivity index (χ0) is 15.2. The van der Waals surface area contributed by atoms with Crippen LogP contribution in [0.15, 0.2) is 42.6 Å². The Morgan fingerprint density at radius 1 is 1.38 bits per heavy atom. The van der Waals surface area contributed by atoms with Crippen LogP contribution in [0.4, 0.5) is 11.4 Å². The summed E-state index contributed by atoms with van der Waals surface area (Å²) in [6.07, 6.45) is 1.68. The van der Waals surface area contributed by atoms with Gasteiger partial charge in [0.1, 0.15) is 0 Å². The van der Waals surface area contributed by atoms with Crippen molar-refractivity contribution in [3.63, 3.8) is 0 Å². The predicted octanol–water partition coefficient (Wildman–Crippen LogP) is 3.56. The molecule has 0 aliphatic carbocycles. The van der Waals surface area contributed by atoms with Gasteiger partial charge >= 0.3 is 0 Å². The molecule has 0 aliphatic heterocycles. The van der Waals surface area contributed by atoms with Gasteiger partial charge in [-0.3, -0.25) is 10.1 Å². The molecule has 2 rings (SSSR count). The fourth-order valence-corrected chi connectivity index (χ4v) is 1.94. The average molecular weight is 287 g/mol. The summed E-state index contributed by atoms with van der Waals surface area (Å²) in [4.78, 5) is 14.6. The standard InChI is InChI=1S/C15H17N3O3/c1-3-21-15-8-7-13(10-16-15)17-11(2)12-5-4-6-14(9-12)18(19)20/h4-11,17H,3H2,1-2H3. The van der Waals surface area contributed by atoms with Crippen molar-refractivity contribution in [2.75, 3.05) is 11.9 Å². The van der Waals surface area contributed by atoms with Gasteiger partial charge in [-0.05, 0) is 25.5 Å². The van der Waals surface area contributed by atoms with E-state index >= 15 is 0 Å². The third-order valence-corrected chi connectivity index (χ3v) is 2.99. The average Bonchev–Trinajstić information content (AvgIpc) is 2.49. The van der Waals surface area contributed by atoms with Crippen LogP contribution in [0.3, 0.4) is 0 Å². The fraction of sp³-hybridized carbons (Fsp3) is 0.267. The number of anilines is 1. The summed E-state index contributed by atoms with van der Waals surface area (Å²) in [6, 6.07) is 10.2. The first-order valence-corrected chi connectivity index (χ1v) is 6.70. The van der Waals surface area contributed by atoms with Crippen molar-refractivity contribution in [3.05, 3.63) is 58.3 Å². The number of nitro groups is 1. The van der Waals surface area contributed by atoms with Crippen molar-refractivity contribution < 1.29 is 9.66 Å². The first-order valence-electron chi connectivity index (χ1n) is 6.70. The highest BCUT2D eigenvalue weighted by Crippen LogP contribution is 2.23. The highest BCUT2D eigenvalue weighted by molar-refractivity contribution is 5.46. The third-order valence-electron chi connectivity index (χ3n) is 2.99. The summed E-state index contributed by atoms with van der Waals surface area (Å²) < 4.78 is 5.28. The van der Waals surface area contributed by atoms with Crippen LogP contribution < -0.4 is 10.1 Å². The van der Waals surface area contributed by atoms with E-state index in [0.717, 1.165) is 11.3 Å². The molecule has 0 spiro atoms.